The van der Waals surface area contributed by atoms with E-state index in [-0.39, 0.29) is 22.9 Å². The smallest absolute Gasteiger partial charge is 0.243 e. The van der Waals surface area contributed by atoms with Gasteiger partial charge in [0, 0.05) is 25.5 Å². The van der Waals surface area contributed by atoms with Crippen LogP contribution in [0.15, 0.2) is 82.8 Å². The minimum absolute atomic E-state index is 0.0886. The molecular weight excluding hydrogens is 422 g/mol. The molecule has 3 aromatic rings. The molecule has 2 N–H and O–H groups in total. The maximum Gasteiger partial charge on any atom is 0.243 e. The highest BCUT2D eigenvalue weighted by atomic mass is 32.2. The third-order valence-electron chi connectivity index (χ3n) is 4.64. The van der Waals surface area contributed by atoms with Gasteiger partial charge in [0.05, 0.1) is 9.79 Å². The fourth-order valence-corrected chi connectivity index (χ4v) is 5.06. The lowest BCUT2D eigenvalue weighted by molar-refractivity contribution is 0.400. The third kappa shape index (κ3) is 5.31. The van der Waals surface area contributed by atoms with Gasteiger partial charge in [-0.3, -0.25) is 4.98 Å². The molecule has 1 aromatic heterocycles. The van der Waals surface area contributed by atoms with Gasteiger partial charge in [-0.1, -0.05) is 43.3 Å². The Morgan fingerprint density at radius 1 is 0.833 bits per heavy atom. The van der Waals surface area contributed by atoms with Crippen LogP contribution in [-0.4, -0.2) is 26.1 Å². The van der Waals surface area contributed by atoms with Crippen molar-refractivity contribution in [1.82, 2.24) is 9.29 Å². The maximum atomic E-state index is 13.4. The number of hydrogen-bond donors (Lipinski definition) is 1. The topological polar surface area (TPSA) is 110 Å². The van der Waals surface area contributed by atoms with Crippen LogP contribution in [0, 0.1) is 0 Å². The molecular formula is C21H23N3O4S2. The molecule has 0 aliphatic heterocycles. The van der Waals surface area contributed by atoms with Gasteiger partial charge < -0.3 is 0 Å². The molecule has 0 unspecified atom stereocenters. The van der Waals surface area contributed by atoms with Crippen molar-refractivity contribution in [3.05, 3.63) is 89.7 Å². The van der Waals surface area contributed by atoms with E-state index in [1.54, 1.807) is 24.5 Å². The summed E-state index contributed by atoms with van der Waals surface area (Å²) in [6, 6.07) is 16.3. The van der Waals surface area contributed by atoms with Gasteiger partial charge in [-0.15, -0.1) is 0 Å². The summed E-state index contributed by atoms with van der Waals surface area (Å²) in [6.45, 7) is 2.26. The summed E-state index contributed by atoms with van der Waals surface area (Å²) in [5.74, 6) is 0. The molecule has 2 aromatic carbocycles. The first-order valence-corrected chi connectivity index (χ1v) is 12.3. The molecule has 0 aliphatic carbocycles. The molecule has 0 radical (unpaired) electrons. The molecule has 158 valence electrons. The van der Waals surface area contributed by atoms with E-state index in [4.69, 9.17) is 5.14 Å². The maximum absolute atomic E-state index is 13.4. The average Bonchev–Trinajstić information content (AvgIpc) is 2.74. The number of rotatable bonds is 8. The van der Waals surface area contributed by atoms with E-state index in [0.29, 0.717) is 5.56 Å². The Kier molecular flexibility index (Phi) is 6.67. The first kappa shape index (κ1) is 22.1. The Morgan fingerprint density at radius 2 is 1.47 bits per heavy atom. The highest BCUT2D eigenvalue weighted by Gasteiger charge is 2.26. The number of pyridine rings is 1. The SMILES string of the molecule is CCc1ccc(CN(Cc2cccnc2)S(=O)(=O)c2cccc(S(N)(=O)=O)c2)cc1. The third-order valence-corrected chi connectivity index (χ3v) is 7.34. The van der Waals surface area contributed by atoms with E-state index in [1.165, 1.54) is 22.5 Å². The quantitative estimate of drug-likeness (QED) is 0.573. The first-order valence-electron chi connectivity index (χ1n) is 9.30. The van der Waals surface area contributed by atoms with Gasteiger partial charge in [0.15, 0.2) is 0 Å². The lowest BCUT2D eigenvalue weighted by Crippen LogP contribution is -2.30. The Morgan fingerprint density at radius 3 is 2.07 bits per heavy atom. The predicted molar refractivity (Wildman–Crippen MR) is 114 cm³/mol. The number of sulfonamides is 2. The van der Waals surface area contributed by atoms with Gasteiger partial charge in [-0.2, -0.15) is 4.31 Å². The molecule has 1 heterocycles. The molecule has 9 heteroatoms. The van der Waals surface area contributed by atoms with Crippen LogP contribution in [-0.2, 0) is 39.6 Å². The Hall–Kier alpha value is -2.59. The minimum Gasteiger partial charge on any atom is -0.264 e. The second kappa shape index (κ2) is 9.05. The van der Waals surface area contributed by atoms with E-state index in [2.05, 4.69) is 4.98 Å². The molecule has 0 atom stereocenters. The highest BCUT2D eigenvalue weighted by Crippen LogP contribution is 2.23. The second-order valence-corrected chi connectivity index (χ2v) is 10.3. The Balaban J connectivity index is 2.01. The van der Waals surface area contributed by atoms with Crippen molar-refractivity contribution in [2.45, 2.75) is 36.2 Å². The van der Waals surface area contributed by atoms with Gasteiger partial charge in [0.25, 0.3) is 0 Å². The summed E-state index contributed by atoms with van der Waals surface area (Å²) >= 11 is 0. The van der Waals surface area contributed by atoms with E-state index < -0.39 is 20.0 Å². The van der Waals surface area contributed by atoms with E-state index in [1.807, 2.05) is 31.2 Å². The van der Waals surface area contributed by atoms with Gasteiger partial charge >= 0.3 is 0 Å². The second-order valence-electron chi connectivity index (χ2n) is 6.82. The van der Waals surface area contributed by atoms with Crippen LogP contribution in [0.25, 0.3) is 0 Å². The van der Waals surface area contributed by atoms with Crippen molar-refractivity contribution in [2.75, 3.05) is 0 Å². The molecule has 0 saturated carbocycles. The number of hydrogen-bond acceptors (Lipinski definition) is 5. The summed E-state index contributed by atoms with van der Waals surface area (Å²) in [4.78, 5) is 3.66. The number of aryl methyl sites for hydroxylation is 1. The molecule has 0 aliphatic rings. The number of aromatic nitrogens is 1. The molecule has 3 rings (SSSR count). The summed E-state index contributed by atoms with van der Waals surface area (Å²) < 4.78 is 51.5. The van der Waals surface area contributed by atoms with Crippen molar-refractivity contribution in [2.24, 2.45) is 5.14 Å². The van der Waals surface area contributed by atoms with Crippen LogP contribution >= 0.6 is 0 Å². The van der Waals surface area contributed by atoms with Crippen molar-refractivity contribution in [3.63, 3.8) is 0 Å². The van der Waals surface area contributed by atoms with Gasteiger partial charge in [0.2, 0.25) is 20.0 Å². The largest absolute Gasteiger partial charge is 0.264 e. The number of benzene rings is 2. The van der Waals surface area contributed by atoms with Crippen LogP contribution in [0.4, 0.5) is 0 Å². The van der Waals surface area contributed by atoms with E-state index >= 15 is 0 Å². The number of nitrogens with zero attached hydrogens (tertiary/aromatic N) is 2. The van der Waals surface area contributed by atoms with Crippen LogP contribution in [0.1, 0.15) is 23.6 Å². The standard InChI is InChI=1S/C21H23N3O4S2/c1-2-17-8-10-18(11-9-17)15-24(16-19-5-4-12-23-14-19)30(27,28)21-7-3-6-20(13-21)29(22,25)26/h3-14H,2,15-16H2,1H3,(H2,22,25,26). The zero-order chi connectivity index (χ0) is 21.8. The zero-order valence-electron chi connectivity index (χ0n) is 16.5. The van der Waals surface area contributed by atoms with Crippen molar-refractivity contribution >= 4 is 20.0 Å². The van der Waals surface area contributed by atoms with Crippen LogP contribution in [0.5, 0.6) is 0 Å². The molecule has 0 fully saturated rings. The molecule has 0 spiro atoms. The minimum atomic E-state index is -4.03. The zero-order valence-corrected chi connectivity index (χ0v) is 18.1. The number of nitrogens with two attached hydrogens (primary N) is 1. The Labute approximate surface area is 177 Å². The van der Waals surface area contributed by atoms with Gasteiger partial charge in [-0.05, 0) is 47.4 Å². The highest BCUT2D eigenvalue weighted by molar-refractivity contribution is 7.90. The van der Waals surface area contributed by atoms with Gasteiger partial charge in [-0.25, -0.2) is 22.0 Å². The fraction of sp³-hybridized carbons (Fsp3) is 0.190. The monoisotopic (exact) mass is 445 g/mol. The van der Waals surface area contributed by atoms with Crippen LogP contribution in [0.2, 0.25) is 0 Å². The molecule has 0 amide bonds. The van der Waals surface area contributed by atoms with E-state index in [9.17, 15) is 16.8 Å². The Bertz CT molecular complexity index is 1210. The molecule has 0 bridgehead atoms. The van der Waals surface area contributed by atoms with Crippen molar-refractivity contribution in [3.8, 4) is 0 Å². The molecule has 7 nitrogen and oxygen atoms in total. The van der Waals surface area contributed by atoms with Crippen molar-refractivity contribution in [1.29, 1.82) is 0 Å². The summed E-state index contributed by atoms with van der Waals surface area (Å²) in [5, 5.41) is 5.18. The lowest BCUT2D eigenvalue weighted by Gasteiger charge is -2.23. The normalized spacial score (nSPS) is 12.2. The number of primary sulfonamides is 1. The summed E-state index contributed by atoms with van der Waals surface area (Å²) in [5.41, 5.74) is 2.69. The lowest BCUT2D eigenvalue weighted by atomic mass is 10.1. The van der Waals surface area contributed by atoms with Crippen LogP contribution < -0.4 is 5.14 Å². The average molecular weight is 446 g/mol. The van der Waals surface area contributed by atoms with Crippen LogP contribution in [0.3, 0.4) is 0 Å². The molecule has 30 heavy (non-hydrogen) atoms. The molecule has 0 saturated heterocycles. The predicted octanol–water partition coefficient (Wildman–Crippen LogP) is 2.68. The summed E-state index contributed by atoms with van der Waals surface area (Å²) in [7, 11) is -8.04. The van der Waals surface area contributed by atoms with Crippen molar-refractivity contribution < 1.29 is 16.8 Å². The fourth-order valence-electron chi connectivity index (χ4n) is 2.97. The van der Waals surface area contributed by atoms with E-state index in [0.717, 1.165) is 23.6 Å². The summed E-state index contributed by atoms with van der Waals surface area (Å²) in [6.07, 6.45) is 4.10. The first-order chi connectivity index (χ1) is 14.2. The van der Waals surface area contributed by atoms with Gasteiger partial charge in [0.1, 0.15) is 0 Å².